The van der Waals surface area contributed by atoms with E-state index < -0.39 is 47.0 Å². The second-order valence-corrected chi connectivity index (χ2v) is 26.6. The average molecular weight is 684 g/mol. The van der Waals surface area contributed by atoms with Crippen LogP contribution >= 0.6 is 0 Å². The van der Waals surface area contributed by atoms with E-state index in [1.54, 1.807) is 0 Å². The van der Waals surface area contributed by atoms with E-state index in [9.17, 15) is 9.59 Å². The highest BCUT2D eigenvalue weighted by atomic mass is 28.4. The lowest BCUT2D eigenvalue weighted by molar-refractivity contribution is -0.258. The fourth-order valence-corrected chi connectivity index (χ4v) is 8.73. The van der Waals surface area contributed by atoms with Crippen LogP contribution in [0.15, 0.2) is 12.2 Å². The fourth-order valence-electron chi connectivity index (χ4n) is 6.31. The van der Waals surface area contributed by atoms with Crippen LogP contribution in [0.5, 0.6) is 0 Å². The maximum absolute atomic E-state index is 12.3. The molecule has 0 aliphatic carbocycles. The topological polar surface area (TPSA) is 116 Å². The molecule has 0 spiro atoms. The first-order valence-electron chi connectivity index (χ1n) is 17.4. The molecule has 3 fully saturated rings. The smallest absolute Gasteiger partial charge is 0.303 e. The minimum absolute atomic E-state index is 0.0224. The maximum Gasteiger partial charge on any atom is 0.303 e. The fraction of sp³-hybridized carbons (Fsp3) is 0.886. The minimum atomic E-state index is -2.16. The number of ether oxygens (including phenoxy) is 4. The molecule has 3 aliphatic heterocycles. The van der Waals surface area contributed by atoms with E-state index in [0.29, 0.717) is 38.7 Å². The van der Waals surface area contributed by atoms with Gasteiger partial charge in [0, 0.05) is 32.8 Å². The number of nitrogens with two attached hydrogens (primary N) is 1. The molecular formula is C35H65NO8Si2. The second kappa shape index (κ2) is 15.3. The van der Waals surface area contributed by atoms with E-state index >= 15 is 0 Å². The van der Waals surface area contributed by atoms with Crippen LogP contribution in [0, 0.1) is 5.92 Å². The Morgan fingerprint density at radius 2 is 1.61 bits per heavy atom. The normalized spacial score (nSPS) is 34.6. The minimum Gasteiger partial charge on any atom is -0.458 e. The SMILES string of the molecule is C=C1C(C[C@@H]2O[C@H]3CC(O[Si](C)(C)C(C)(C)C)C(CCO[Si](C)(C)C(C)(C)C)O[C@H]3[C@H](N)[C@H]2OC(C)=O)O[C@@H](CCC=O)C[C@H]1C. The molecule has 0 saturated carbocycles. The molecule has 0 radical (unpaired) electrons. The molecule has 0 aromatic heterocycles. The summed E-state index contributed by atoms with van der Waals surface area (Å²) in [6, 6.07) is -0.592. The molecule has 0 aromatic rings. The molecule has 266 valence electrons. The number of rotatable bonds is 12. The van der Waals surface area contributed by atoms with Crippen LogP contribution in [0.2, 0.25) is 36.3 Å². The van der Waals surface area contributed by atoms with Crippen LogP contribution in [0.25, 0.3) is 0 Å². The molecule has 3 unspecified atom stereocenters. The molecule has 0 amide bonds. The monoisotopic (exact) mass is 683 g/mol. The molecule has 3 aliphatic rings. The highest BCUT2D eigenvalue weighted by Crippen LogP contribution is 2.43. The molecular weight excluding hydrogens is 619 g/mol. The number of hydrogen-bond donors (Lipinski definition) is 1. The summed E-state index contributed by atoms with van der Waals surface area (Å²) in [7, 11) is -4.11. The van der Waals surface area contributed by atoms with Gasteiger partial charge < -0.3 is 38.3 Å². The van der Waals surface area contributed by atoms with Crippen molar-refractivity contribution in [3.05, 3.63) is 12.2 Å². The lowest BCUT2D eigenvalue weighted by Crippen LogP contribution is -2.68. The number of hydrogen-bond acceptors (Lipinski definition) is 9. The number of carbonyl (C=O) groups is 2. The average Bonchev–Trinajstić information content (AvgIpc) is 2.91. The van der Waals surface area contributed by atoms with Crippen molar-refractivity contribution in [3.63, 3.8) is 0 Å². The Morgan fingerprint density at radius 1 is 0.978 bits per heavy atom. The number of aldehydes is 1. The van der Waals surface area contributed by atoms with Gasteiger partial charge in [0.15, 0.2) is 16.6 Å². The highest BCUT2D eigenvalue weighted by molar-refractivity contribution is 6.74. The third-order valence-electron chi connectivity index (χ3n) is 11.4. The quantitative estimate of drug-likeness (QED) is 0.104. The first-order valence-corrected chi connectivity index (χ1v) is 23.2. The van der Waals surface area contributed by atoms with E-state index in [0.717, 1.165) is 18.3 Å². The first-order chi connectivity index (χ1) is 21.1. The van der Waals surface area contributed by atoms with Crippen LogP contribution < -0.4 is 5.73 Å². The molecule has 46 heavy (non-hydrogen) atoms. The lowest BCUT2D eigenvalue weighted by Gasteiger charge is -2.53. The van der Waals surface area contributed by atoms with Gasteiger partial charge in [0.2, 0.25) is 0 Å². The lowest BCUT2D eigenvalue weighted by atomic mass is 9.81. The first kappa shape index (κ1) is 39.5. The summed E-state index contributed by atoms with van der Waals surface area (Å²) in [6.07, 6.45) is 1.89. The van der Waals surface area contributed by atoms with E-state index in [2.05, 4.69) is 81.2 Å². The Hall–Kier alpha value is -0.926. The molecule has 10 atom stereocenters. The second-order valence-electron chi connectivity index (χ2n) is 17.0. The summed E-state index contributed by atoms with van der Waals surface area (Å²) < 4.78 is 39.6. The van der Waals surface area contributed by atoms with Gasteiger partial charge >= 0.3 is 5.97 Å². The van der Waals surface area contributed by atoms with Crippen molar-refractivity contribution in [3.8, 4) is 0 Å². The predicted octanol–water partition coefficient (Wildman–Crippen LogP) is 6.69. The van der Waals surface area contributed by atoms with Crippen molar-refractivity contribution in [2.24, 2.45) is 11.7 Å². The molecule has 2 N–H and O–H groups in total. The Bertz CT molecular complexity index is 1050. The Kier molecular flexibility index (Phi) is 13.2. The summed E-state index contributed by atoms with van der Waals surface area (Å²) in [4.78, 5) is 23.4. The van der Waals surface area contributed by atoms with Gasteiger partial charge in [-0.15, -0.1) is 0 Å². The van der Waals surface area contributed by atoms with Gasteiger partial charge in [-0.2, -0.15) is 0 Å². The molecule has 3 rings (SSSR count). The Labute approximate surface area is 281 Å². The van der Waals surface area contributed by atoms with E-state index in [1.165, 1.54) is 6.92 Å². The van der Waals surface area contributed by atoms with Crippen molar-refractivity contribution in [1.82, 2.24) is 0 Å². The van der Waals surface area contributed by atoms with Crippen molar-refractivity contribution in [1.29, 1.82) is 0 Å². The van der Waals surface area contributed by atoms with Gasteiger partial charge in [-0.1, -0.05) is 55.0 Å². The number of esters is 1. The summed E-state index contributed by atoms with van der Waals surface area (Å²) >= 11 is 0. The van der Waals surface area contributed by atoms with Crippen molar-refractivity contribution in [2.45, 2.75) is 185 Å². The van der Waals surface area contributed by atoms with Crippen LogP contribution in [0.4, 0.5) is 0 Å². The molecule has 9 nitrogen and oxygen atoms in total. The molecule has 3 heterocycles. The van der Waals surface area contributed by atoms with Crippen LogP contribution in [-0.2, 0) is 37.4 Å². The zero-order chi connectivity index (χ0) is 34.8. The van der Waals surface area contributed by atoms with Gasteiger partial charge in [-0.3, -0.25) is 4.79 Å². The Balaban J connectivity index is 1.86. The largest absolute Gasteiger partial charge is 0.458 e. The Morgan fingerprint density at radius 3 is 2.17 bits per heavy atom. The van der Waals surface area contributed by atoms with Gasteiger partial charge in [0.25, 0.3) is 0 Å². The third-order valence-corrected chi connectivity index (χ3v) is 20.4. The van der Waals surface area contributed by atoms with E-state index in [4.69, 9.17) is 33.5 Å². The van der Waals surface area contributed by atoms with Crippen molar-refractivity contribution >= 4 is 28.9 Å². The summed E-state index contributed by atoms with van der Waals surface area (Å²) in [5, 5.41) is 0.128. The third kappa shape index (κ3) is 9.61. The molecule has 0 bridgehead atoms. The maximum atomic E-state index is 12.3. The van der Waals surface area contributed by atoms with Crippen LogP contribution in [-0.4, -0.2) is 90.4 Å². The van der Waals surface area contributed by atoms with Crippen LogP contribution in [0.1, 0.15) is 93.9 Å². The highest BCUT2D eigenvalue weighted by Gasteiger charge is 2.54. The van der Waals surface area contributed by atoms with E-state index in [-0.39, 0.29) is 46.5 Å². The molecule has 0 aromatic carbocycles. The van der Waals surface area contributed by atoms with Gasteiger partial charge in [0.05, 0.1) is 42.7 Å². The predicted molar refractivity (Wildman–Crippen MR) is 187 cm³/mol. The molecule has 3 saturated heterocycles. The van der Waals surface area contributed by atoms with Gasteiger partial charge in [-0.25, -0.2) is 0 Å². The van der Waals surface area contributed by atoms with Gasteiger partial charge in [-0.05, 0) is 67.0 Å². The number of fused-ring (bicyclic) bond motifs is 1. The standard InChI is InChI=1S/C35H65NO8Si2/c1-22-19-25(15-14-17-37)41-27(23(22)2)20-29-32(40-24(3)38)31(36)33-30(42-29)21-28(44-46(12,13)35(7,8)9)26(43-33)16-18-39-45(10,11)34(4,5)6/h17,22,25-33H,2,14-16,18-21,36H2,1,3-13H3/t22-,25+,26?,27?,28?,29+,30+,31-,32+,33-/m1/s1. The van der Waals surface area contributed by atoms with E-state index in [1.807, 2.05) is 0 Å². The van der Waals surface area contributed by atoms with Crippen molar-refractivity contribution < 1.29 is 37.4 Å². The van der Waals surface area contributed by atoms with Gasteiger partial charge in [0.1, 0.15) is 18.5 Å². The number of carbonyl (C=O) groups excluding carboxylic acids is 2. The zero-order valence-corrected chi connectivity index (χ0v) is 32.9. The zero-order valence-electron chi connectivity index (χ0n) is 30.9. The van der Waals surface area contributed by atoms with Crippen LogP contribution in [0.3, 0.4) is 0 Å². The summed E-state index contributed by atoms with van der Waals surface area (Å²) in [5.74, 6) is -0.176. The molecule has 11 heteroatoms. The summed E-state index contributed by atoms with van der Waals surface area (Å²) in [5.41, 5.74) is 7.94. The summed E-state index contributed by atoms with van der Waals surface area (Å²) in [6.45, 7) is 31.0. The van der Waals surface area contributed by atoms with Crippen molar-refractivity contribution in [2.75, 3.05) is 6.61 Å².